The van der Waals surface area contributed by atoms with Crippen LogP contribution in [-0.4, -0.2) is 29.5 Å². The van der Waals surface area contributed by atoms with Crippen LogP contribution in [0.15, 0.2) is 18.3 Å². The van der Waals surface area contributed by atoms with Crippen LogP contribution < -0.4 is 16.0 Å². The second-order valence-electron chi connectivity index (χ2n) is 5.92. The van der Waals surface area contributed by atoms with Crippen LogP contribution in [-0.2, 0) is 4.79 Å². The molecule has 2 aliphatic rings. The van der Waals surface area contributed by atoms with E-state index in [2.05, 4.69) is 15.2 Å². The van der Waals surface area contributed by atoms with Crippen LogP contribution >= 0.6 is 24.8 Å². The molecule has 0 aromatic carbocycles. The lowest BCUT2D eigenvalue weighted by atomic mass is 9.98. The van der Waals surface area contributed by atoms with Gasteiger partial charge in [-0.05, 0) is 37.8 Å². The highest BCUT2D eigenvalue weighted by Gasteiger charge is 2.36. The monoisotopic (exact) mass is 346 g/mol. The first-order chi connectivity index (χ1) is 9.67. The summed E-state index contributed by atoms with van der Waals surface area (Å²) in [5.41, 5.74) is 6.18. The number of aromatic nitrogens is 1. The molecule has 1 aromatic rings. The molecule has 0 spiro atoms. The Morgan fingerprint density at radius 3 is 2.32 bits per heavy atom. The number of halogens is 2. The Kier molecular flexibility index (Phi) is 6.91. The van der Waals surface area contributed by atoms with Crippen LogP contribution in [0.3, 0.4) is 0 Å². The number of hydrogen-bond donors (Lipinski definition) is 2. The van der Waals surface area contributed by atoms with Crippen molar-refractivity contribution in [1.29, 1.82) is 0 Å². The molecule has 5 nitrogen and oxygen atoms in total. The summed E-state index contributed by atoms with van der Waals surface area (Å²) in [6, 6.07) is 3.88. The molecule has 0 atom stereocenters. The molecule has 124 valence electrons. The molecule has 1 amide bonds. The van der Waals surface area contributed by atoms with Gasteiger partial charge in [-0.15, -0.1) is 24.8 Å². The average molecular weight is 347 g/mol. The van der Waals surface area contributed by atoms with Crippen LogP contribution in [0.2, 0.25) is 0 Å². The number of anilines is 2. The van der Waals surface area contributed by atoms with Crippen molar-refractivity contribution >= 4 is 42.2 Å². The molecule has 0 unspecified atom stereocenters. The van der Waals surface area contributed by atoms with Crippen molar-refractivity contribution in [2.24, 2.45) is 5.73 Å². The molecule has 1 saturated heterocycles. The number of nitrogens with two attached hydrogens (primary N) is 1. The van der Waals surface area contributed by atoms with E-state index in [1.54, 1.807) is 6.20 Å². The lowest BCUT2D eigenvalue weighted by Crippen LogP contribution is -2.48. The highest BCUT2D eigenvalue weighted by atomic mass is 35.5. The summed E-state index contributed by atoms with van der Waals surface area (Å²) in [6.45, 7) is 2.15. The summed E-state index contributed by atoms with van der Waals surface area (Å²) in [5, 5.41) is 2.90. The molecule has 3 N–H and O–H groups in total. The van der Waals surface area contributed by atoms with Crippen LogP contribution in [0, 0.1) is 0 Å². The maximum absolute atomic E-state index is 12.2. The minimum atomic E-state index is -0.687. The van der Waals surface area contributed by atoms with Gasteiger partial charge in [0.1, 0.15) is 5.82 Å². The molecule has 2 fully saturated rings. The first-order valence-corrected chi connectivity index (χ1v) is 7.49. The highest BCUT2D eigenvalue weighted by Crippen LogP contribution is 2.28. The maximum atomic E-state index is 12.2. The summed E-state index contributed by atoms with van der Waals surface area (Å²) in [7, 11) is 0. The Bertz CT molecular complexity index is 483. The normalized spacial score (nSPS) is 19.2. The van der Waals surface area contributed by atoms with Crippen molar-refractivity contribution in [3.8, 4) is 0 Å². The minimum absolute atomic E-state index is 0. The fraction of sp³-hybridized carbons (Fsp3) is 0.600. The Balaban J connectivity index is 0.00000121. The zero-order valence-electron chi connectivity index (χ0n) is 12.6. The molecule has 22 heavy (non-hydrogen) atoms. The predicted molar refractivity (Wildman–Crippen MR) is 94.2 cm³/mol. The quantitative estimate of drug-likeness (QED) is 0.882. The van der Waals surface area contributed by atoms with Gasteiger partial charge in [0, 0.05) is 13.1 Å². The van der Waals surface area contributed by atoms with Gasteiger partial charge < -0.3 is 16.0 Å². The SMILES string of the molecule is Cl.Cl.NC1(C(=O)Nc2ccc(N3CCCC3)nc2)CCCC1. The Morgan fingerprint density at radius 2 is 1.77 bits per heavy atom. The molecule has 0 bridgehead atoms. The number of rotatable bonds is 3. The number of hydrogen-bond acceptors (Lipinski definition) is 4. The Morgan fingerprint density at radius 1 is 1.14 bits per heavy atom. The van der Waals surface area contributed by atoms with Gasteiger partial charge in [0.05, 0.1) is 17.4 Å². The highest BCUT2D eigenvalue weighted by molar-refractivity contribution is 5.98. The number of pyridine rings is 1. The van der Waals surface area contributed by atoms with E-state index >= 15 is 0 Å². The molecular formula is C15H24Cl2N4O. The van der Waals surface area contributed by atoms with E-state index in [-0.39, 0.29) is 30.7 Å². The largest absolute Gasteiger partial charge is 0.357 e. The molecule has 2 heterocycles. The van der Waals surface area contributed by atoms with Crippen LogP contribution in [0.25, 0.3) is 0 Å². The van der Waals surface area contributed by atoms with Gasteiger partial charge in [0.15, 0.2) is 0 Å². The van der Waals surface area contributed by atoms with Crippen molar-refractivity contribution in [2.45, 2.75) is 44.1 Å². The van der Waals surface area contributed by atoms with E-state index in [1.165, 1.54) is 12.8 Å². The number of carbonyl (C=O) groups excluding carboxylic acids is 1. The third-order valence-electron chi connectivity index (χ3n) is 4.38. The van der Waals surface area contributed by atoms with Crippen molar-refractivity contribution in [3.63, 3.8) is 0 Å². The van der Waals surface area contributed by atoms with Gasteiger partial charge in [-0.2, -0.15) is 0 Å². The topological polar surface area (TPSA) is 71.2 Å². The minimum Gasteiger partial charge on any atom is -0.357 e. The van der Waals surface area contributed by atoms with E-state index in [0.717, 1.165) is 50.3 Å². The fourth-order valence-corrected chi connectivity index (χ4v) is 3.08. The second-order valence-corrected chi connectivity index (χ2v) is 5.92. The van der Waals surface area contributed by atoms with Gasteiger partial charge in [-0.3, -0.25) is 4.79 Å². The molecule has 3 rings (SSSR count). The lowest BCUT2D eigenvalue weighted by Gasteiger charge is -2.22. The molecular weight excluding hydrogens is 323 g/mol. The van der Waals surface area contributed by atoms with Crippen molar-refractivity contribution in [2.75, 3.05) is 23.3 Å². The summed E-state index contributed by atoms with van der Waals surface area (Å²) >= 11 is 0. The standard InChI is InChI=1S/C15H22N4O.2ClH/c16-15(7-1-2-8-15)14(20)18-12-5-6-13(17-11-12)19-9-3-4-10-19;;/h5-6,11H,1-4,7-10,16H2,(H,18,20);2*1H. The number of nitrogens with one attached hydrogen (secondary N) is 1. The first kappa shape index (κ1) is 19.0. The third kappa shape index (κ3) is 4.03. The van der Waals surface area contributed by atoms with Crippen molar-refractivity contribution in [3.05, 3.63) is 18.3 Å². The lowest BCUT2D eigenvalue weighted by molar-refractivity contribution is -0.121. The van der Waals surface area contributed by atoms with Crippen LogP contribution in [0.5, 0.6) is 0 Å². The smallest absolute Gasteiger partial charge is 0.244 e. The van der Waals surface area contributed by atoms with E-state index < -0.39 is 5.54 Å². The molecule has 1 aliphatic carbocycles. The Hall–Kier alpha value is -1.04. The van der Waals surface area contributed by atoms with Gasteiger partial charge in [-0.25, -0.2) is 4.98 Å². The first-order valence-electron chi connectivity index (χ1n) is 7.49. The second kappa shape index (κ2) is 7.99. The summed E-state index contributed by atoms with van der Waals surface area (Å²) in [5.74, 6) is 0.912. The number of nitrogens with zero attached hydrogens (tertiary/aromatic N) is 2. The van der Waals surface area contributed by atoms with E-state index in [0.29, 0.717) is 0 Å². The van der Waals surface area contributed by atoms with Gasteiger partial charge in [-0.1, -0.05) is 12.8 Å². The van der Waals surface area contributed by atoms with Gasteiger partial charge in [0.25, 0.3) is 0 Å². The van der Waals surface area contributed by atoms with Crippen molar-refractivity contribution < 1.29 is 4.79 Å². The summed E-state index contributed by atoms with van der Waals surface area (Å²) < 4.78 is 0. The predicted octanol–water partition coefficient (Wildman–Crippen LogP) is 2.74. The molecule has 7 heteroatoms. The molecule has 1 aliphatic heterocycles. The Labute approximate surface area is 143 Å². The zero-order valence-corrected chi connectivity index (χ0v) is 14.2. The third-order valence-corrected chi connectivity index (χ3v) is 4.38. The zero-order chi connectivity index (χ0) is 14.0. The van der Waals surface area contributed by atoms with E-state index in [1.807, 2.05) is 12.1 Å². The molecule has 1 aromatic heterocycles. The fourth-order valence-electron chi connectivity index (χ4n) is 3.08. The van der Waals surface area contributed by atoms with Gasteiger partial charge in [0.2, 0.25) is 5.91 Å². The average Bonchev–Trinajstić information content (AvgIpc) is 3.11. The number of carbonyl (C=O) groups is 1. The van der Waals surface area contributed by atoms with E-state index in [4.69, 9.17) is 5.73 Å². The van der Waals surface area contributed by atoms with Gasteiger partial charge >= 0.3 is 0 Å². The summed E-state index contributed by atoms with van der Waals surface area (Å²) in [6.07, 6.45) is 7.82. The van der Waals surface area contributed by atoms with Crippen LogP contribution in [0.4, 0.5) is 11.5 Å². The summed E-state index contributed by atoms with van der Waals surface area (Å²) in [4.78, 5) is 18.9. The molecule has 1 saturated carbocycles. The van der Waals surface area contributed by atoms with Crippen molar-refractivity contribution in [1.82, 2.24) is 4.98 Å². The number of amides is 1. The maximum Gasteiger partial charge on any atom is 0.244 e. The van der Waals surface area contributed by atoms with E-state index in [9.17, 15) is 4.79 Å². The molecule has 0 radical (unpaired) electrons. The van der Waals surface area contributed by atoms with Crippen LogP contribution in [0.1, 0.15) is 38.5 Å².